The topological polar surface area (TPSA) is 99.9 Å². The van der Waals surface area contributed by atoms with Crippen LogP contribution in [0, 0.1) is 0 Å². The Bertz CT molecular complexity index is 1500. The van der Waals surface area contributed by atoms with Gasteiger partial charge in [0.05, 0.1) is 11.3 Å². The third-order valence-corrected chi connectivity index (χ3v) is 9.73. The molecule has 3 aromatic carbocycles. The van der Waals surface area contributed by atoms with Gasteiger partial charge in [-0.25, -0.2) is 0 Å². The number of para-hydroxylation sites is 2. The van der Waals surface area contributed by atoms with Gasteiger partial charge in [0.15, 0.2) is 0 Å². The summed E-state index contributed by atoms with van der Waals surface area (Å²) in [4.78, 5) is 40.3. The molecule has 0 spiro atoms. The number of β-lactam (4-membered cyclic amide) rings is 1. The number of amides is 2. The fourth-order valence-electron chi connectivity index (χ4n) is 4.80. The Balaban J connectivity index is 1.20. The number of nitrogens with one attached hydrogen (secondary N) is 1. The summed E-state index contributed by atoms with van der Waals surface area (Å²) in [6.45, 7) is 0.0607. The highest BCUT2D eigenvalue weighted by Gasteiger charge is 2.58. The van der Waals surface area contributed by atoms with E-state index in [0.717, 1.165) is 26.8 Å². The van der Waals surface area contributed by atoms with Crippen LogP contribution in [0.25, 0.3) is 21.9 Å². The van der Waals surface area contributed by atoms with Gasteiger partial charge in [0.2, 0.25) is 11.8 Å². The van der Waals surface area contributed by atoms with Crippen molar-refractivity contribution in [2.75, 3.05) is 12.3 Å². The number of aliphatic carboxylic acids is 1. The quantitative estimate of drug-likeness (QED) is 0.370. The van der Waals surface area contributed by atoms with Gasteiger partial charge in [-0.15, -0.1) is 23.5 Å². The fourth-order valence-corrected chi connectivity index (χ4v) is 7.74. The van der Waals surface area contributed by atoms with E-state index in [1.807, 2.05) is 72.8 Å². The van der Waals surface area contributed by atoms with Crippen LogP contribution in [0.3, 0.4) is 0 Å². The van der Waals surface area contributed by atoms with E-state index in [4.69, 9.17) is 4.42 Å². The van der Waals surface area contributed by atoms with Crippen LogP contribution in [0.2, 0.25) is 0 Å². The van der Waals surface area contributed by atoms with Gasteiger partial charge in [0.25, 0.3) is 0 Å². The summed E-state index contributed by atoms with van der Waals surface area (Å²) in [5, 5.41) is 14.8. The van der Waals surface area contributed by atoms with Crippen molar-refractivity contribution >= 4 is 63.2 Å². The number of carboxylic acids is 1. The molecule has 0 bridgehead atoms. The number of benzene rings is 3. The molecule has 2 aliphatic rings. The number of carbonyl (C=O) groups excluding carboxylic acids is 2. The van der Waals surface area contributed by atoms with Crippen molar-refractivity contribution < 1.29 is 23.9 Å². The molecular formula is C27H22N2O5S2. The molecule has 9 heteroatoms. The Labute approximate surface area is 215 Å². The molecule has 0 radical (unpaired) electrons. The summed E-state index contributed by atoms with van der Waals surface area (Å²) in [5.41, 5.74) is 2.27. The zero-order valence-electron chi connectivity index (χ0n) is 19.0. The van der Waals surface area contributed by atoms with Crippen LogP contribution < -0.4 is 5.32 Å². The Morgan fingerprint density at radius 1 is 1.06 bits per heavy atom. The van der Waals surface area contributed by atoms with E-state index in [2.05, 4.69) is 5.32 Å². The van der Waals surface area contributed by atoms with E-state index in [-0.39, 0.29) is 30.2 Å². The molecule has 4 aromatic rings. The largest absolute Gasteiger partial charge is 0.480 e. The summed E-state index contributed by atoms with van der Waals surface area (Å²) >= 11 is 2.62. The van der Waals surface area contributed by atoms with Crippen molar-refractivity contribution in [1.82, 2.24) is 10.2 Å². The van der Waals surface area contributed by atoms with Crippen molar-refractivity contribution in [3.63, 3.8) is 0 Å². The number of rotatable bonds is 6. The highest BCUT2D eigenvalue weighted by Crippen LogP contribution is 2.48. The molecule has 7 nitrogen and oxygen atoms in total. The first-order chi connectivity index (χ1) is 17.4. The summed E-state index contributed by atoms with van der Waals surface area (Å²) in [6.07, 6.45) is 0.193. The standard InChI is InChI=1S/C27H22N2O5S2/c30-21(13-16-7-2-1-3-8-16)28-22-24(31)29-14-27(26(32)33,15-35-25(22)29)36-20-12-6-10-18-17-9-4-5-11-19(17)34-23(18)20/h1-12,22,25H,13-15H2,(H,28,30)(H,32,33)/t22-,25-,27?/m1/s1. The third kappa shape index (κ3) is 3.83. The second kappa shape index (κ2) is 8.90. The normalized spacial score (nSPS) is 23.3. The molecule has 0 aliphatic carbocycles. The van der Waals surface area contributed by atoms with Crippen LogP contribution in [0.15, 0.2) is 82.1 Å². The lowest BCUT2D eigenvalue weighted by atomic mass is 10.0. The van der Waals surface area contributed by atoms with Crippen molar-refractivity contribution in [3.8, 4) is 0 Å². The Morgan fingerprint density at radius 3 is 2.61 bits per heavy atom. The zero-order valence-corrected chi connectivity index (χ0v) is 20.7. The lowest BCUT2D eigenvalue weighted by Gasteiger charge is -2.53. The molecule has 36 heavy (non-hydrogen) atoms. The number of hydrogen-bond acceptors (Lipinski definition) is 6. The van der Waals surface area contributed by atoms with Gasteiger partial charge < -0.3 is 19.7 Å². The van der Waals surface area contributed by atoms with Crippen LogP contribution in [0.4, 0.5) is 0 Å². The summed E-state index contributed by atoms with van der Waals surface area (Å²) in [6, 6.07) is 22.2. The molecule has 182 valence electrons. The minimum Gasteiger partial charge on any atom is -0.480 e. The molecule has 2 N–H and O–H groups in total. The number of nitrogens with zero attached hydrogens (tertiary/aromatic N) is 1. The lowest BCUT2D eigenvalue weighted by molar-refractivity contribution is -0.152. The Kier molecular flexibility index (Phi) is 5.69. The van der Waals surface area contributed by atoms with Crippen LogP contribution in [-0.2, 0) is 20.8 Å². The molecule has 3 atom stereocenters. The maximum atomic E-state index is 13.0. The molecule has 3 heterocycles. The van der Waals surface area contributed by atoms with Crippen LogP contribution in [0.1, 0.15) is 5.56 Å². The molecule has 2 aliphatic heterocycles. The van der Waals surface area contributed by atoms with Gasteiger partial charge in [0, 0.05) is 23.1 Å². The van der Waals surface area contributed by atoms with Crippen LogP contribution >= 0.6 is 23.5 Å². The average molecular weight is 519 g/mol. The van der Waals surface area contributed by atoms with Crippen LogP contribution in [-0.4, -0.2) is 56.3 Å². The summed E-state index contributed by atoms with van der Waals surface area (Å²) in [7, 11) is 0. The predicted molar refractivity (Wildman–Crippen MR) is 140 cm³/mol. The van der Waals surface area contributed by atoms with Crippen molar-refractivity contribution in [3.05, 3.63) is 78.4 Å². The monoisotopic (exact) mass is 518 g/mol. The molecule has 6 rings (SSSR count). The molecule has 0 saturated carbocycles. The fraction of sp³-hybridized carbons (Fsp3) is 0.222. The van der Waals surface area contributed by atoms with Crippen molar-refractivity contribution in [2.45, 2.75) is 27.5 Å². The minimum absolute atomic E-state index is 0.0607. The molecule has 1 aromatic heterocycles. The van der Waals surface area contributed by atoms with E-state index in [1.165, 1.54) is 23.5 Å². The van der Waals surface area contributed by atoms with Gasteiger partial charge in [-0.05, 0) is 17.7 Å². The first kappa shape index (κ1) is 23.0. The van der Waals surface area contributed by atoms with Gasteiger partial charge in [-0.3, -0.25) is 14.4 Å². The number of hydrogen-bond donors (Lipinski definition) is 2. The molecule has 2 amide bonds. The molecule has 2 fully saturated rings. The first-order valence-corrected chi connectivity index (χ1v) is 13.4. The van der Waals surface area contributed by atoms with Gasteiger partial charge in [-0.2, -0.15) is 0 Å². The van der Waals surface area contributed by atoms with E-state index in [0.29, 0.717) is 11.3 Å². The Hall–Kier alpha value is -3.43. The molecular weight excluding hydrogens is 496 g/mol. The van der Waals surface area contributed by atoms with Gasteiger partial charge in [0.1, 0.15) is 27.3 Å². The maximum Gasteiger partial charge on any atom is 0.322 e. The van der Waals surface area contributed by atoms with E-state index < -0.39 is 16.8 Å². The predicted octanol–water partition coefficient (Wildman–Crippen LogP) is 4.14. The second-order valence-corrected chi connectivity index (χ2v) is 11.5. The number of thioether (sulfide) groups is 2. The SMILES string of the molecule is O=C(Cc1ccccc1)N[C@@H]1C(=O)N2CC(Sc3cccc4c3oc3ccccc34)(C(=O)O)CS[C@H]12. The highest BCUT2D eigenvalue weighted by molar-refractivity contribution is 8.05. The summed E-state index contributed by atoms with van der Waals surface area (Å²) < 4.78 is 4.86. The third-order valence-electron chi connectivity index (χ3n) is 6.64. The van der Waals surface area contributed by atoms with E-state index in [9.17, 15) is 19.5 Å². The first-order valence-electron chi connectivity index (χ1n) is 11.5. The highest BCUT2D eigenvalue weighted by atomic mass is 32.2. The molecule has 1 unspecified atom stereocenters. The lowest BCUT2D eigenvalue weighted by Crippen LogP contribution is -2.74. The van der Waals surface area contributed by atoms with E-state index >= 15 is 0 Å². The smallest absolute Gasteiger partial charge is 0.322 e. The van der Waals surface area contributed by atoms with E-state index in [1.54, 1.807) is 4.90 Å². The van der Waals surface area contributed by atoms with Crippen LogP contribution in [0.5, 0.6) is 0 Å². The number of carboxylic acid groups (broad SMARTS) is 1. The van der Waals surface area contributed by atoms with Crippen molar-refractivity contribution in [1.29, 1.82) is 0 Å². The molecule has 2 saturated heterocycles. The van der Waals surface area contributed by atoms with Gasteiger partial charge >= 0.3 is 5.97 Å². The maximum absolute atomic E-state index is 13.0. The zero-order chi connectivity index (χ0) is 24.9. The number of carbonyl (C=O) groups is 3. The summed E-state index contributed by atoms with van der Waals surface area (Å²) in [5.74, 6) is -1.15. The van der Waals surface area contributed by atoms with Gasteiger partial charge in [-0.1, -0.05) is 60.7 Å². The van der Waals surface area contributed by atoms with Crippen molar-refractivity contribution in [2.24, 2.45) is 0 Å². The second-order valence-electron chi connectivity index (χ2n) is 9.01. The average Bonchev–Trinajstić information content (AvgIpc) is 3.28. The Morgan fingerprint density at radius 2 is 1.81 bits per heavy atom. The number of fused-ring (bicyclic) bond motifs is 4. The minimum atomic E-state index is -1.23. The number of furan rings is 1.